The average molecular weight is 311 g/mol. The minimum absolute atomic E-state index is 0.203. The van der Waals surface area contributed by atoms with Crippen LogP contribution < -0.4 is 5.32 Å². The molecule has 2 aromatic carbocycles. The molecule has 0 fully saturated rings. The zero-order valence-corrected chi connectivity index (χ0v) is 13.0. The van der Waals surface area contributed by atoms with Crippen LogP contribution in [0.4, 0.5) is 5.69 Å². The Morgan fingerprint density at radius 1 is 1.04 bits per heavy atom. The standard InChI is InChI=1S/C18H17NO4/c1-12-6-5-7-14(10-12)17(21)19-16-9-4-3-8-15(16)18(22)23-11-13(2)20/h3-10H,11H2,1-2H3,(H,19,21). The normalized spacial score (nSPS) is 10.0. The number of amides is 1. The molecule has 2 aromatic rings. The van der Waals surface area contributed by atoms with E-state index in [0.29, 0.717) is 11.3 Å². The minimum atomic E-state index is -0.652. The van der Waals surface area contributed by atoms with E-state index in [1.807, 2.05) is 13.0 Å². The van der Waals surface area contributed by atoms with Gasteiger partial charge >= 0.3 is 5.97 Å². The Morgan fingerprint density at radius 2 is 1.78 bits per heavy atom. The van der Waals surface area contributed by atoms with Crippen LogP contribution in [0.5, 0.6) is 0 Å². The molecular weight excluding hydrogens is 294 g/mol. The lowest BCUT2D eigenvalue weighted by Crippen LogP contribution is -2.17. The number of Topliss-reactive ketones (excluding diaryl/α,β-unsaturated/α-hetero) is 1. The summed E-state index contributed by atoms with van der Waals surface area (Å²) in [6.07, 6.45) is 0. The third-order valence-corrected chi connectivity index (χ3v) is 3.08. The minimum Gasteiger partial charge on any atom is -0.454 e. The van der Waals surface area contributed by atoms with Crippen molar-refractivity contribution in [2.24, 2.45) is 0 Å². The van der Waals surface area contributed by atoms with Crippen molar-refractivity contribution in [3.63, 3.8) is 0 Å². The molecule has 2 rings (SSSR count). The SMILES string of the molecule is CC(=O)COC(=O)c1ccccc1NC(=O)c1cccc(C)c1. The molecule has 0 heterocycles. The second-order valence-electron chi connectivity index (χ2n) is 5.15. The number of rotatable bonds is 5. The first-order valence-corrected chi connectivity index (χ1v) is 7.11. The topological polar surface area (TPSA) is 72.5 Å². The Hall–Kier alpha value is -2.95. The molecule has 5 nitrogen and oxygen atoms in total. The van der Waals surface area contributed by atoms with Crippen molar-refractivity contribution < 1.29 is 19.1 Å². The molecule has 0 aliphatic heterocycles. The Labute approximate surface area is 134 Å². The van der Waals surface area contributed by atoms with Crippen LogP contribution in [0.3, 0.4) is 0 Å². The summed E-state index contributed by atoms with van der Waals surface area (Å²) in [5.74, 6) is -1.22. The molecule has 0 saturated heterocycles. The lowest BCUT2D eigenvalue weighted by molar-refractivity contribution is -0.120. The first-order chi connectivity index (χ1) is 11.0. The number of aryl methyl sites for hydroxylation is 1. The number of hydrogen-bond donors (Lipinski definition) is 1. The molecular formula is C18H17NO4. The second kappa shape index (κ2) is 7.35. The van der Waals surface area contributed by atoms with E-state index in [2.05, 4.69) is 5.32 Å². The molecule has 0 aliphatic carbocycles. The van der Waals surface area contributed by atoms with Gasteiger partial charge in [0.05, 0.1) is 11.3 Å². The van der Waals surface area contributed by atoms with Gasteiger partial charge in [0, 0.05) is 5.56 Å². The molecule has 0 aromatic heterocycles. The summed E-state index contributed by atoms with van der Waals surface area (Å²) in [7, 11) is 0. The van der Waals surface area contributed by atoms with Crippen LogP contribution in [-0.4, -0.2) is 24.3 Å². The molecule has 0 saturated carbocycles. The monoisotopic (exact) mass is 311 g/mol. The zero-order valence-electron chi connectivity index (χ0n) is 13.0. The Morgan fingerprint density at radius 3 is 2.48 bits per heavy atom. The van der Waals surface area contributed by atoms with Gasteiger partial charge in [-0.3, -0.25) is 9.59 Å². The predicted molar refractivity (Wildman–Crippen MR) is 86.5 cm³/mol. The molecule has 0 aliphatic rings. The van der Waals surface area contributed by atoms with Gasteiger partial charge in [-0.1, -0.05) is 29.8 Å². The molecule has 0 radical (unpaired) electrons. The number of carbonyl (C=O) groups excluding carboxylic acids is 3. The fourth-order valence-corrected chi connectivity index (χ4v) is 2.00. The number of ether oxygens (including phenoxy) is 1. The molecule has 23 heavy (non-hydrogen) atoms. The van der Waals surface area contributed by atoms with Gasteiger partial charge in [-0.2, -0.15) is 0 Å². The highest BCUT2D eigenvalue weighted by atomic mass is 16.5. The molecule has 1 amide bonds. The van der Waals surface area contributed by atoms with Crippen molar-refractivity contribution in [1.82, 2.24) is 0 Å². The van der Waals surface area contributed by atoms with Gasteiger partial charge in [0.2, 0.25) is 0 Å². The van der Waals surface area contributed by atoms with E-state index in [0.717, 1.165) is 5.56 Å². The van der Waals surface area contributed by atoms with Crippen molar-refractivity contribution in [2.75, 3.05) is 11.9 Å². The smallest absolute Gasteiger partial charge is 0.340 e. The van der Waals surface area contributed by atoms with Crippen LogP contribution in [0.1, 0.15) is 33.2 Å². The summed E-state index contributed by atoms with van der Waals surface area (Å²) in [6.45, 7) is 2.93. The van der Waals surface area contributed by atoms with Crippen molar-refractivity contribution in [1.29, 1.82) is 0 Å². The lowest BCUT2D eigenvalue weighted by Gasteiger charge is -2.10. The summed E-state index contributed by atoms with van der Waals surface area (Å²) in [5, 5.41) is 2.70. The van der Waals surface area contributed by atoms with E-state index in [1.165, 1.54) is 13.0 Å². The Balaban J connectivity index is 2.18. The molecule has 1 N–H and O–H groups in total. The molecule has 0 spiro atoms. The van der Waals surface area contributed by atoms with Gasteiger partial charge in [-0.15, -0.1) is 0 Å². The third-order valence-electron chi connectivity index (χ3n) is 3.08. The van der Waals surface area contributed by atoms with E-state index in [4.69, 9.17) is 4.74 Å². The predicted octanol–water partition coefficient (Wildman–Crippen LogP) is 2.99. The van der Waals surface area contributed by atoms with Gasteiger partial charge in [0.25, 0.3) is 5.91 Å². The van der Waals surface area contributed by atoms with Gasteiger partial charge in [-0.25, -0.2) is 4.79 Å². The van der Waals surface area contributed by atoms with Crippen molar-refractivity contribution in [3.05, 3.63) is 65.2 Å². The molecule has 0 bridgehead atoms. The highest BCUT2D eigenvalue weighted by Gasteiger charge is 2.15. The molecule has 0 unspecified atom stereocenters. The van der Waals surface area contributed by atoms with E-state index >= 15 is 0 Å². The Kier molecular flexibility index (Phi) is 5.25. The highest BCUT2D eigenvalue weighted by Crippen LogP contribution is 2.17. The summed E-state index contributed by atoms with van der Waals surface area (Å²) in [5.41, 5.74) is 2.01. The van der Waals surface area contributed by atoms with E-state index < -0.39 is 5.97 Å². The maximum absolute atomic E-state index is 12.3. The van der Waals surface area contributed by atoms with Crippen LogP contribution in [0.2, 0.25) is 0 Å². The first-order valence-electron chi connectivity index (χ1n) is 7.11. The summed E-state index contributed by atoms with van der Waals surface area (Å²) < 4.78 is 4.90. The fraction of sp³-hybridized carbons (Fsp3) is 0.167. The number of hydrogen-bond acceptors (Lipinski definition) is 4. The van der Waals surface area contributed by atoms with Crippen molar-refractivity contribution in [2.45, 2.75) is 13.8 Å². The van der Waals surface area contributed by atoms with Crippen molar-refractivity contribution >= 4 is 23.3 Å². The zero-order chi connectivity index (χ0) is 16.8. The quantitative estimate of drug-likeness (QED) is 0.862. The number of benzene rings is 2. The summed E-state index contributed by atoms with van der Waals surface area (Å²) in [6, 6.07) is 13.6. The largest absolute Gasteiger partial charge is 0.454 e. The van der Waals surface area contributed by atoms with E-state index in [1.54, 1.807) is 36.4 Å². The first kappa shape index (κ1) is 16.4. The summed E-state index contributed by atoms with van der Waals surface area (Å²) >= 11 is 0. The molecule has 5 heteroatoms. The van der Waals surface area contributed by atoms with Crippen LogP contribution in [0, 0.1) is 6.92 Å². The van der Waals surface area contributed by atoms with Gasteiger partial charge in [0.15, 0.2) is 5.78 Å². The highest BCUT2D eigenvalue weighted by molar-refractivity contribution is 6.08. The number of nitrogens with one attached hydrogen (secondary N) is 1. The Bertz CT molecular complexity index is 752. The fourth-order valence-electron chi connectivity index (χ4n) is 2.00. The lowest BCUT2D eigenvalue weighted by atomic mass is 10.1. The number of esters is 1. The van der Waals surface area contributed by atoms with Crippen LogP contribution >= 0.6 is 0 Å². The second-order valence-corrected chi connectivity index (χ2v) is 5.15. The van der Waals surface area contributed by atoms with Gasteiger partial charge in [-0.05, 0) is 38.1 Å². The van der Waals surface area contributed by atoms with Crippen molar-refractivity contribution in [3.8, 4) is 0 Å². The number of carbonyl (C=O) groups is 3. The van der Waals surface area contributed by atoms with Crippen LogP contribution in [-0.2, 0) is 9.53 Å². The van der Waals surface area contributed by atoms with Gasteiger partial charge in [0.1, 0.15) is 6.61 Å². The number of para-hydroxylation sites is 1. The summed E-state index contributed by atoms with van der Waals surface area (Å²) in [4.78, 5) is 35.2. The number of ketones is 1. The maximum atomic E-state index is 12.3. The van der Waals surface area contributed by atoms with Crippen LogP contribution in [0.15, 0.2) is 48.5 Å². The number of anilines is 1. The van der Waals surface area contributed by atoms with E-state index in [-0.39, 0.29) is 23.9 Å². The van der Waals surface area contributed by atoms with Gasteiger partial charge < -0.3 is 10.1 Å². The molecule has 118 valence electrons. The van der Waals surface area contributed by atoms with E-state index in [9.17, 15) is 14.4 Å². The third kappa shape index (κ3) is 4.51. The maximum Gasteiger partial charge on any atom is 0.340 e. The molecule has 0 atom stereocenters. The average Bonchev–Trinajstić information content (AvgIpc) is 2.53. The van der Waals surface area contributed by atoms with Crippen LogP contribution in [0.25, 0.3) is 0 Å².